The van der Waals surface area contributed by atoms with Crippen LogP contribution in [-0.4, -0.2) is 29.3 Å². The van der Waals surface area contributed by atoms with Crippen molar-refractivity contribution in [1.82, 2.24) is 5.12 Å². The highest BCUT2D eigenvalue weighted by Crippen LogP contribution is 2.29. The van der Waals surface area contributed by atoms with Gasteiger partial charge in [0.2, 0.25) is 0 Å². The molecule has 0 saturated carbocycles. The average molecular weight is 147 g/mol. The highest BCUT2D eigenvalue weighted by atomic mass is 19.2. The molecule has 1 unspecified atom stereocenters. The highest BCUT2D eigenvalue weighted by molar-refractivity contribution is 5.74. The van der Waals surface area contributed by atoms with Gasteiger partial charge >= 0.3 is 5.97 Å². The molecule has 1 rings (SSSR count). The number of hydrogen-bond acceptors (Lipinski definition) is 2. The first-order chi connectivity index (χ1) is 4.54. The molecule has 1 aliphatic rings. The Morgan fingerprint density at radius 2 is 2.40 bits per heavy atom. The number of hydrogen-bond donors (Lipinski definition) is 1. The number of nitrogens with zero attached hydrogens (tertiary/aromatic N) is 1. The van der Waals surface area contributed by atoms with Gasteiger partial charge in [0.15, 0.2) is 0 Å². The third-order valence-electron chi connectivity index (χ3n) is 1.94. The van der Waals surface area contributed by atoms with Gasteiger partial charge in [-0.25, -0.2) is 0 Å². The van der Waals surface area contributed by atoms with Gasteiger partial charge in [0.05, 0.1) is 5.41 Å². The van der Waals surface area contributed by atoms with Crippen molar-refractivity contribution in [1.29, 1.82) is 0 Å². The summed E-state index contributed by atoms with van der Waals surface area (Å²) in [5, 5.41) is 9.15. The zero-order valence-corrected chi connectivity index (χ0v) is 5.80. The van der Waals surface area contributed by atoms with Crippen molar-refractivity contribution in [2.45, 2.75) is 13.3 Å². The fourth-order valence-corrected chi connectivity index (χ4v) is 1.08. The van der Waals surface area contributed by atoms with Crippen molar-refractivity contribution in [3.63, 3.8) is 0 Å². The molecule has 1 saturated heterocycles. The van der Waals surface area contributed by atoms with Gasteiger partial charge in [-0.15, -0.1) is 9.60 Å². The first kappa shape index (κ1) is 7.47. The monoisotopic (exact) mass is 147 g/mol. The Morgan fingerprint density at radius 1 is 1.80 bits per heavy atom. The fraction of sp³-hybridized carbons (Fsp3) is 0.833. The van der Waals surface area contributed by atoms with E-state index in [9.17, 15) is 9.28 Å². The molecule has 1 atom stereocenters. The number of carboxylic acid groups (broad SMARTS) is 1. The minimum Gasteiger partial charge on any atom is -0.481 e. The molecule has 1 fully saturated rings. The van der Waals surface area contributed by atoms with Crippen LogP contribution in [-0.2, 0) is 4.79 Å². The third kappa shape index (κ3) is 1.11. The second-order valence-corrected chi connectivity index (χ2v) is 2.96. The lowest BCUT2D eigenvalue weighted by Crippen LogP contribution is -2.29. The van der Waals surface area contributed by atoms with E-state index in [0.29, 0.717) is 11.5 Å². The number of halogens is 1. The summed E-state index contributed by atoms with van der Waals surface area (Å²) in [6.07, 6.45) is 0.402. The Hall–Kier alpha value is -0.640. The Balaban J connectivity index is 2.63. The zero-order chi connectivity index (χ0) is 7.78. The molecular formula is C6H10FNO2. The van der Waals surface area contributed by atoms with Gasteiger partial charge < -0.3 is 5.11 Å². The lowest BCUT2D eigenvalue weighted by atomic mass is 9.90. The summed E-state index contributed by atoms with van der Waals surface area (Å²) < 4.78 is 12.3. The summed E-state index contributed by atoms with van der Waals surface area (Å²) in [6, 6.07) is 0. The van der Waals surface area contributed by atoms with Crippen LogP contribution >= 0.6 is 0 Å². The minimum atomic E-state index is -0.910. The first-order valence-electron chi connectivity index (χ1n) is 3.19. The quantitative estimate of drug-likeness (QED) is 0.554. The molecule has 4 heteroatoms. The molecule has 0 aromatic carbocycles. The summed E-state index contributed by atoms with van der Waals surface area (Å²) in [4.78, 5) is 10.5. The highest BCUT2D eigenvalue weighted by Gasteiger charge is 2.40. The molecule has 0 amide bonds. The maximum atomic E-state index is 12.3. The standard InChI is InChI=1S/C6H10FNO2/c1-6(5(9)10)2-3-8(7)4-6/h2-4H2,1H3,(H,9,10). The molecular weight excluding hydrogens is 137 g/mol. The van der Waals surface area contributed by atoms with E-state index in [4.69, 9.17) is 5.11 Å². The van der Waals surface area contributed by atoms with E-state index in [1.165, 1.54) is 0 Å². The second kappa shape index (κ2) is 2.20. The van der Waals surface area contributed by atoms with Crippen LogP contribution in [0.3, 0.4) is 0 Å². The molecule has 0 aromatic heterocycles. The van der Waals surface area contributed by atoms with Crippen LogP contribution in [0.25, 0.3) is 0 Å². The van der Waals surface area contributed by atoms with E-state index in [0.717, 1.165) is 0 Å². The number of aliphatic carboxylic acids is 1. The normalized spacial score (nSPS) is 34.6. The van der Waals surface area contributed by atoms with Crippen LogP contribution in [0.4, 0.5) is 4.48 Å². The molecule has 10 heavy (non-hydrogen) atoms. The molecule has 1 aliphatic heterocycles. The Kier molecular flexibility index (Phi) is 1.64. The van der Waals surface area contributed by atoms with E-state index < -0.39 is 11.4 Å². The minimum absolute atomic E-state index is 0.0162. The largest absolute Gasteiger partial charge is 0.481 e. The van der Waals surface area contributed by atoms with Crippen molar-refractivity contribution in [3.05, 3.63) is 0 Å². The van der Waals surface area contributed by atoms with E-state index in [2.05, 4.69) is 0 Å². The van der Waals surface area contributed by atoms with Crippen molar-refractivity contribution < 1.29 is 14.4 Å². The van der Waals surface area contributed by atoms with Crippen molar-refractivity contribution >= 4 is 5.97 Å². The summed E-state index contributed by atoms with van der Waals surface area (Å²) in [5.74, 6) is -0.910. The molecule has 1 N–H and O–H groups in total. The fourth-order valence-electron chi connectivity index (χ4n) is 1.08. The Bertz CT molecular complexity index is 162. The van der Waals surface area contributed by atoms with Gasteiger partial charge in [-0.2, -0.15) is 0 Å². The summed E-state index contributed by atoms with van der Waals surface area (Å²) in [5.41, 5.74) is -0.866. The molecule has 0 bridgehead atoms. The topological polar surface area (TPSA) is 40.5 Å². The van der Waals surface area contributed by atoms with Crippen molar-refractivity contribution in [2.75, 3.05) is 13.1 Å². The lowest BCUT2D eigenvalue weighted by molar-refractivity contribution is -0.148. The zero-order valence-electron chi connectivity index (χ0n) is 5.80. The average Bonchev–Trinajstić information content (AvgIpc) is 2.13. The first-order valence-corrected chi connectivity index (χ1v) is 3.19. The summed E-state index contributed by atoms with van der Waals surface area (Å²) >= 11 is 0. The van der Waals surface area contributed by atoms with E-state index in [-0.39, 0.29) is 13.1 Å². The maximum Gasteiger partial charge on any atom is 0.310 e. The van der Waals surface area contributed by atoms with Gasteiger partial charge in [0.1, 0.15) is 0 Å². The van der Waals surface area contributed by atoms with Crippen LogP contribution in [0, 0.1) is 5.41 Å². The van der Waals surface area contributed by atoms with Gasteiger partial charge in [-0.05, 0) is 13.3 Å². The second-order valence-electron chi connectivity index (χ2n) is 2.96. The summed E-state index contributed by atoms with van der Waals surface area (Å²) in [7, 11) is 0. The van der Waals surface area contributed by atoms with Crippen LogP contribution in [0.1, 0.15) is 13.3 Å². The van der Waals surface area contributed by atoms with Crippen LogP contribution in [0.5, 0.6) is 0 Å². The SMILES string of the molecule is CC1(C(=O)O)CCN(F)C1. The molecule has 0 aromatic rings. The van der Waals surface area contributed by atoms with Crippen LogP contribution < -0.4 is 0 Å². The van der Waals surface area contributed by atoms with Crippen LogP contribution in [0.15, 0.2) is 0 Å². The van der Waals surface area contributed by atoms with Crippen LogP contribution in [0.2, 0.25) is 0 Å². The number of carboxylic acids is 1. The lowest BCUT2D eigenvalue weighted by Gasteiger charge is -2.15. The Labute approximate surface area is 58.4 Å². The van der Waals surface area contributed by atoms with Gasteiger partial charge in [-0.3, -0.25) is 4.79 Å². The van der Waals surface area contributed by atoms with E-state index >= 15 is 0 Å². The van der Waals surface area contributed by atoms with Crippen molar-refractivity contribution in [3.8, 4) is 0 Å². The maximum absolute atomic E-state index is 12.3. The molecule has 0 aliphatic carbocycles. The van der Waals surface area contributed by atoms with Gasteiger partial charge in [0, 0.05) is 13.1 Å². The smallest absolute Gasteiger partial charge is 0.310 e. The number of rotatable bonds is 1. The van der Waals surface area contributed by atoms with E-state index in [1.54, 1.807) is 6.92 Å². The van der Waals surface area contributed by atoms with Gasteiger partial charge in [-0.1, -0.05) is 0 Å². The Morgan fingerprint density at radius 3 is 2.60 bits per heavy atom. The van der Waals surface area contributed by atoms with Gasteiger partial charge in [0.25, 0.3) is 0 Å². The third-order valence-corrected chi connectivity index (χ3v) is 1.94. The van der Waals surface area contributed by atoms with Crippen molar-refractivity contribution in [2.24, 2.45) is 5.41 Å². The molecule has 1 heterocycles. The predicted octanol–water partition coefficient (Wildman–Crippen LogP) is 0.667. The molecule has 3 nitrogen and oxygen atoms in total. The van der Waals surface area contributed by atoms with E-state index in [1.807, 2.05) is 0 Å². The molecule has 0 radical (unpaired) electrons. The molecule has 58 valence electrons. The predicted molar refractivity (Wildman–Crippen MR) is 33.0 cm³/mol. The summed E-state index contributed by atoms with van der Waals surface area (Å²) in [6.45, 7) is 1.82. The number of carbonyl (C=O) groups is 1. The molecule has 0 spiro atoms.